The second-order valence-corrected chi connectivity index (χ2v) is 6.41. The summed E-state index contributed by atoms with van der Waals surface area (Å²) in [6.07, 6.45) is 0. The van der Waals surface area contributed by atoms with Crippen molar-refractivity contribution in [3.05, 3.63) is 56.8 Å². The van der Waals surface area contributed by atoms with Gasteiger partial charge in [-0.25, -0.2) is 0 Å². The van der Waals surface area contributed by atoms with Crippen molar-refractivity contribution in [1.29, 1.82) is 0 Å². The van der Waals surface area contributed by atoms with E-state index < -0.39 is 0 Å². The molecule has 0 unspecified atom stereocenters. The summed E-state index contributed by atoms with van der Waals surface area (Å²) >= 11 is 1.87. The van der Waals surface area contributed by atoms with Crippen molar-refractivity contribution < 1.29 is 4.74 Å². The number of rotatable bonds is 7. The Kier molecular flexibility index (Phi) is 5.77. The first-order chi connectivity index (χ1) is 9.70. The monoisotopic (exact) mass is 289 g/mol. The first-order valence-electron chi connectivity index (χ1n) is 7.12. The fourth-order valence-corrected chi connectivity index (χ4v) is 3.22. The van der Waals surface area contributed by atoms with Gasteiger partial charge >= 0.3 is 0 Å². The van der Waals surface area contributed by atoms with Gasteiger partial charge in [0.05, 0.1) is 6.61 Å². The lowest BCUT2D eigenvalue weighted by molar-refractivity contribution is 0.133. The van der Waals surface area contributed by atoms with Gasteiger partial charge < -0.3 is 10.1 Å². The molecule has 2 rings (SSSR count). The minimum Gasteiger partial charge on any atom is -0.377 e. The third-order valence-electron chi connectivity index (χ3n) is 3.35. The molecule has 0 aliphatic heterocycles. The quantitative estimate of drug-likeness (QED) is 0.825. The highest BCUT2D eigenvalue weighted by atomic mass is 32.1. The highest BCUT2D eigenvalue weighted by Crippen LogP contribution is 2.20. The van der Waals surface area contributed by atoms with E-state index in [0.29, 0.717) is 6.61 Å². The molecule has 0 fully saturated rings. The van der Waals surface area contributed by atoms with E-state index >= 15 is 0 Å². The number of thiophene rings is 1. The summed E-state index contributed by atoms with van der Waals surface area (Å²) in [6, 6.07) is 10.8. The molecule has 0 amide bonds. The van der Waals surface area contributed by atoms with Crippen LogP contribution in [0, 0.1) is 13.8 Å². The molecule has 0 saturated heterocycles. The molecule has 1 aromatic carbocycles. The van der Waals surface area contributed by atoms with Crippen molar-refractivity contribution in [2.75, 3.05) is 6.61 Å². The van der Waals surface area contributed by atoms with Crippen LogP contribution in [0.1, 0.15) is 33.4 Å². The van der Waals surface area contributed by atoms with Crippen molar-refractivity contribution in [3.63, 3.8) is 0 Å². The molecule has 0 saturated carbocycles. The molecule has 3 heteroatoms. The molecule has 108 valence electrons. The molecule has 1 N–H and O–H groups in total. The Morgan fingerprint density at radius 2 is 1.75 bits per heavy atom. The Morgan fingerprint density at radius 3 is 2.40 bits per heavy atom. The van der Waals surface area contributed by atoms with Gasteiger partial charge in [0.15, 0.2) is 0 Å². The lowest BCUT2D eigenvalue weighted by Gasteiger charge is -2.10. The van der Waals surface area contributed by atoms with Crippen LogP contribution in [0.4, 0.5) is 0 Å². The molecule has 0 bridgehead atoms. The van der Waals surface area contributed by atoms with Crippen LogP contribution in [0.3, 0.4) is 0 Å². The molecule has 0 aliphatic carbocycles. The van der Waals surface area contributed by atoms with Crippen LogP contribution in [-0.4, -0.2) is 6.61 Å². The third kappa shape index (κ3) is 4.17. The van der Waals surface area contributed by atoms with Crippen molar-refractivity contribution in [2.24, 2.45) is 0 Å². The predicted octanol–water partition coefficient (Wildman–Crippen LogP) is 4.19. The normalized spacial score (nSPS) is 10.9. The van der Waals surface area contributed by atoms with Crippen LogP contribution in [-0.2, 0) is 24.4 Å². The average Bonchev–Trinajstić information content (AvgIpc) is 2.76. The zero-order valence-corrected chi connectivity index (χ0v) is 13.3. The predicted molar refractivity (Wildman–Crippen MR) is 86.1 cm³/mol. The van der Waals surface area contributed by atoms with Gasteiger partial charge in [0.25, 0.3) is 0 Å². The molecular formula is C17H23NOS. The summed E-state index contributed by atoms with van der Waals surface area (Å²) in [5.41, 5.74) is 4.01. The fraction of sp³-hybridized carbons (Fsp3) is 0.412. The van der Waals surface area contributed by atoms with Gasteiger partial charge in [0.2, 0.25) is 0 Å². The average molecular weight is 289 g/mol. The van der Waals surface area contributed by atoms with Crippen LogP contribution in [0.15, 0.2) is 30.3 Å². The molecule has 2 aromatic rings. The first-order valence-corrected chi connectivity index (χ1v) is 7.93. The Balaban J connectivity index is 1.92. The van der Waals surface area contributed by atoms with Gasteiger partial charge in [0.1, 0.15) is 0 Å². The number of hydrogen-bond donors (Lipinski definition) is 1. The third-order valence-corrected chi connectivity index (χ3v) is 4.36. The SMILES string of the molecule is CCOCc1ccccc1CNCc1cc(C)sc1C. The maximum Gasteiger partial charge on any atom is 0.0719 e. The fourth-order valence-electron chi connectivity index (χ4n) is 2.27. The number of aryl methyl sites for hydroxylation is 2. The summed E-state index contributed by atoms with van der Waals surface area (Å²) in [6.45, 7) is 9.66. The van der Waals surface area contributed by atoms with E-state index in [1.165, 1.54) is 26.4 Å². The smallest absolute Gasteiger partial charge is 0.0719 e. The van der Waals surface area contributed by atoms with Crippen molar-refractivity contribution in [2.45, 2.75) is 40.5 Å². The van der Waals surface area contributed by atoms with Crippen LogP contribution in [0.2, 0.25) is 0 Å². The lowest BCUT2D eigenvalue weighted by atomic mass is 10.1. The van der Waals surface area contributed by atoms with Crippen LogP contribution in [0.5, 0.6) is 0 Å². The largest absolute Gasteiger partial charge is 0.377 e. The summed E-state index contributed by atoms with van der Waals surface area (Å²) in [5, 5.41) is 3.54. The minimum absolute atomic E-state index is 0.699. The van der Waals surface area contributed by atoms with E-state index in [4.69, 9.17) is 4.74 Å². The van der Waals surface area contributed by atoms with Crippen LogP contribution >= 0.6 is 11.3 Å². The zero-order chi connectivity index (χ0) is 14.4. The van der Waals surface area contributed by atoms with Gasteiger partial charge in [-0.1, -0.05) is 24.3 Å². The highest BCUT2D eigenvalue weighted by molar-refractivity contribution is 7.12. The molecule has 0 aliphatic rings. The molecule has 1 aromatic heterocycles. The van der Waals surface area contributed by atoms with Crippen molar-refractivity contribution in [1.82, 2.24) is 5.32 Å². The minimum atomic E-state index is 0.699. The summed E-state index contributed by atoms with van der Waals surface area (Å²) in [7, 11) is 0. The second kappa shape index (κ2) is 7.58. The molecule has 0 radical (unpaired) electrons. The topological polar surface area (TPSA) is 21.3 Å². The van der Waals surface area contributed by atoms with E-state index in [2.05, 4.69) is 49.5 Å². The standard InChI is InChI=1S/C17H23NOS/c1-4-19-12-16-8-6-5-7-15(16)10-18-11-17-9-13(2)20-14(17)3/h5-9,18H,4,10-12H2,1-3H3. The first kappa shape index (κ1) is 15.2. The summed E-state index contributed by atoms with van der Waals surface area (Å²) in [4.78, 5) is 2.80. The van der Waals surface area contributed by atoms with E-state index in [1.807, 2.05) is 18.3 Å². The molecular weight excluding hydrogens is 266 g/mol. The summed E-state index contributed by atoms with van der Waals surface area (Å²) < 4.78 is 5.52. The van der Waals surface area contributed by atoms with E-state index in [9.17, 15) is 0 Å². The molecule has 0 spiro atoms. The molecule has 2 nitrogen and oxygen atoms in total. The van der Waals surface area contributed by atoms with Crippen molar-refractivity contribution >= 4 is 11.3 Å². The maximum atomic E-state index is 5.52. The number of nitrogens with one attached hydrogen (secondary N) is 1. The zero-order valence-electron chi connectivity index (χ0n) is 12.5. The Hall–Kier alpha value is -1.16. The maximum absolute atomic E-state index is 5.52. The van der Waals surface area contributed by atoms with Gasteiger partial charge in [-0.2, -0.15) is 0 Å². The van der Waals surface area contributed by atoms with Crippen molar-refractivity contribution in [3.8, 4) is 0 Å². The Bertz CT molecular complexity index is 548. The Labute approximate surface area is 125 Å². The van der Waals surface area contributed by atoms with Crippen LogP contribution in [0.25, 0.3) is 0 Å². The second-order valence-electron chi connectivity index (χ2n) is 4.95. The highest BCUT2D eigenvalue weighted by Gasteiger charge is 2.04. The van der Waals surface area contributed by atoms with E-state index in [1.54, 1.807) is 0 Å². The lowest BCUT2D eigenvalue weighted by Crippen LogP contribution is -2.14. The molecule has 20 heavy (non-hydrogen) atoms. The summed E-state index contributed by atoms with van der Waals surface area (Å²) in [5.74, 6) is 0. The van der Waals surface area contributed by atoms with Crippen LogP contribution < -0.4 is 5.32 Å². The molecule has 0 atom stereocenters. The van der Waals surface area contributed by atoms with Gasteiger partial charge in [-0.05, 0) is 43.5 Å². The number of hydrogen-bond acceptors (Lipinski definition) is 3. The number of benzene rings is 1. The molecule has 1 heterocycles. The van der Waals surface area contributed by atoms with E-state index in [-0.39, 0.29) is 0 Å². The van der Waals surface area contributed by atoms with E-state index in [0.717, 1.165) is 19.7 Å². The van der Waals surface area contributed by atoms with Gasteiger partial charge in [0, 0.05) is 29.5 Å². The van der Waals surface area contributed by atoms with Gasteiger partial charge in [-0.15, -0.1) is 11.3 Å². The van der Waals surface area contributed by atoms with Gasteiger partial charge in [-0.3, -0.25) is 0 Å². The Morgan fingerprint density at radius 1 is 1.05 bits per heavy atom. The number of ether oxygens (including phenoxy) is 1.